The van der Waals surface area contributed by atoms with Gasteiger partial charge >= 0.3 is 0 Å². The van der Waals surface area contributed by atoms with Crippen LogP contribution in [0.4, 0.5) is 0 Å². The van der Waals surface area contributed by atoms with Crippen molar-refractivity contribution in [3.8, 4) is 0 Å². The first-order valence-electron chi connectivity index (χ1n) is 7.22. The van der Waals surface area contributed by atoms with Crippen LogP contribution < -0.4 is 0 Å². The van der Waals surface area contributed by atoms with E-state index in [1.54, 1.807) is 0 Å². The third-order valence-corrected chi connectivity index (χ3v) is 3.75. The normalized spacial score (nSPS) is 25.6. The maximum Gasteiger partial charge on any atom is -0.0417 e. The zero-order chi connectivity index (χ0) is 11.5. The van der Waals surface area contributed by atoms with Gasteiger partial charge in [-0.05, 0) is 11.8 Å². The lowest BCUT2D eigenvalue weighted by molar-refractivity contribution is 0.277. The Morgan fingerprint density at radius 3 is 1.40 bits per heavy atom. The number of hydrogen-bond donors (Lipinski definition) is 0. The van der Waals surface area contributed by atoms with E-state index in [4.69, 9.17) is 0 Å². The molecule has 0 unspecified atom stereocenters. The Hall–Kier alpha value is 0. The van der Waals surface area contributed by atoms with E-state index >= 15 is 0 Å². The molecule has 0 aromatic carbocycles. The summed E-state index contributed by atoms with van der Waals surface area (Å²) in [6, 6.07) is 0. The summed E-state index contributed by atoms with van der Waals surface area (Å²) in [7, 11) is 0. The van der Waals surface area contributed by atoms with Crippen molar-refractivity contribution in [3.05, 3.63) is 0 Å². The minimum atomic E-state index is 1.00. The van der Waals surface area contributed by atoms with E-state index in [9.17, 15) is 0 Å². The van der Waals surface area contributed by atoms with Crippen molar-refractivity contribution in [3.63, 3.8) is 0 Å². The molecule has 0 aromatic heterocycles. The van der Waals surface area contributed by atoms with Gasteiger partial charge in [-0.25, -0.2) is 0 Å². The van der Waals surface area contributed by atoms with E-state index in [1.807, 2.05) is 0 Å². The molecule has 0 heterocycles. The molecule has 0 N–H and O–H groups in total. The predicted octanol–water partition coefficient (Wildman–Crippen LogP) is 5.81. The SMILES string of the molecule is CCCCCCC.C[C@@H]1CCCC[C@@H]1C. The highest BCUT2D eigenvalue weighted by Crippen LogP contribution is 2.28. The summed E-state index contributed by atoms with van der Waals surface area (Å²) in [5.41, 5.74) is 0. The number of unbranched alkanes of at least 4 members (excludes halogenated alkanes) is 4. The molecule has 0 nitrogen and oxygen atoms in total. The summed E-state index contributed by atoms with van der Waals surface area (Å²) in [5.74, 6) is 2.01. The van der Waals surface area contributed by atoms with E-state index in [1.165, 1.54) is 57.8 Å². The van der Waals surface area contributed by atoms with Crippen LogP contribution in [0.15, 0.2) is 0 Å². The predicted molar refractivity (Wildman–Crippen MR) is 71.2 cm³/mol. The summed E-state index contributed by atoms with van der Waals surface area (Å²) < 4.78 is 0. The smallest absolute Gasteiger partial charge is 0.0417 e. The first kappa shape index (κ1) is 15.0. The van der Waals surface area contributed by atoms with Crippen LogP contribution in [0.3, 0.4) is 0 Å². The van der Waals surface area contributed by atoms with Gasteiger partial charge in [0.25, 0.3) is 0 Å². The molecule has 2 atom stereocenters. The topological polar surface area (TPSA) is 0 Å². The maximum absolute atomic E-state index is 2.38. The van der Waals surface area contributed by atoms with Crippen LogP contribution in [0.25, 0.3) is 0 Å². The second-order valence-corrected chi connectivity index (χ2v) is 5.30. The van der Waals surface area contributed by atoms with Crippen LogP contribution in [-0.4, -0.2) is 0 Å². The Morgan fingerprint density at radius 1 is 0.733 bits per heavy atom. The van der Waals surface area contributed by atoms with Crippen LogP contribution in [0.5, 0.6) is 0 Å². The second-order valence-electron chi connectivity index (χ2n) is 5.30. The molecule has 0 saturated heterocycles. The minimum absolute atomic E-state index is 1.00. The van der Waals surface area contributed by atoms with Crippen molar-refractivity contribution >= 4 is 0 Å². The van der Waals surface area contributed by atoms with Crippen molar-refractivity contribution in [2.24, 2.45) is 11.8 Å². The fraction of sp³-hybridized carbons (Fsp3) is 1.00. The molecule has 0 aromatic rings. The highest BCUT2D eigenvalue weighted by Gasteiger charge is 2.15. The monoisotopic (exact) mass is 212 g/mol. The second kappa shape index (κ2) is 10.5. The molecule has 0 radical (unpaired) electrons. The molecule has 0 bridgehead atoms. The Kier molecular flexibility index (Phi) is 10.5. The average molecular weight is 212 g/mol. The molecule has 1 aliphatic carbocycles. The van der Waals surface area contributed by atoms with Crippen molar-refractivity contribution in [2.75, 3.05) is 0 Å². The molecule has 0 spiro atoms. The Bertz CT molecular complexity index is 103. The van der Waals surface area contributed by atoms with Gasteiger partial charge in [-0.15, -0.1) is 0 Å². The van der Waals surface area contributed by atoms with Gasteiger partial charge in [0.15, 0.2) is 0 Å². The molecule has 1 rings (SSSR count). The molecular formula is C15H32. The molecule has 0 heteroatoms. The van der Waals surface area contributed by atoms with Gasteiger partial charge < -0.3 is 0 Å². The summed E-state index contributed by atoms with van der Waals surface area (Å²) in [4.78, 5) is 0. The summed E-state index contributed by atoms with van der Waals surface area (Å²) in [5, 5.41) is 0. The van der Waals surface area contributed by atoms with E-state index in [-0.39, 0.29) is 0 Å². The van der Waals surface area contributed by atoms with Crippen LogP contribution in [0, 0.1) is 11.8 Å². The lowest BCUT2D eigenvalue weighted by atomic mass is 9.82. The molecule has 92 valence electrons. The van der Waals surface area contributed by atoms with Crippen molar-refractivity contribution < 1.29 is 0 Å². The van der Waals surface area contributed by atoms with Crippen LogP contribution >= 0.6 is 0 Å². The van der Waals surface area contributed by atoms with E-state index in [0.29, 0.717) is 0 Å². The number of hydrogen-bond acceptors (Lipinski definition) is 0. The maximum atomic E-state index is 2.38. The average Bonchev–Trinajstić information content (AvgIpc) is 2.24. The summed E-state index contributed by atoms with van der Waals surface area (Å²) in [6.07, 6.45) is 12.9. The van der Waals surface area contributed by atoms with Gasteiger partial charge in [-0.3, -0.25) is 0 Å². The first-order chi connectivity index (χ1) is 7.22. The molecule has 0 amide bonds. The standard InChI is InChI=1S/C8H16.C7H16/c1-7-5-3-4-6-8(7)2;1-3-5-7-6-4-2/h7-8H,3-6H2,1-2H3;3-7H2,1-2H3/t7-,8+;. The number of rotatable bonds is 4. The minimum Gasteiger partial charge on any atom is -0.0654 e. The van der Waals surface area contributed by atoms with Gasteiger partial charge in [-0.1, -0.05) is 85.5 Å². The Morgan fingerprint density at radius 2 is 1.13 bits per heavy atom. The van der Waals surface area contributed by atoms with Crippen LogP contribution in [-0.2, 0) is 0 Å². The lowest BCUT2D eigenvalue weighted by Gasteiger charge is -2.24. The van der Waals surface area contributed by atoms with E-state index in [2.05, 4.69) is 27.7 Å². The fourth-order valence-electron chi connectivity index (χ4n) is 2.18. The summed E-state index contributed by atoms with van der Waals surface area (Å²) >= 11 is 0. The molecule has 1 aliphatic rings. The Labute approximate surface area is 97.8 Å². The van der Waals surface area contributed by atoms with Gasteiger partial charge in [-0.2, -0.15) is 0 Å². The Balaban J connectivity index is 0.000000265. The first-order valence-corrected chi connectivity index (χ1v) is 7.22. The zero-order valence-electron chi connectivity index (χ0n) is 11.5. The third kappa shape index (κ3) is 8.96. The van der Waals surface area contributed by atoms with E-state index < -0.39 is 0 Å². The molecule has 1 fully saturated rings. The molecular weight excluding hydrogens is 180 g/mol. The third-order valence-electron chi connectivity index (χ3n) is 3.75. The van der Waals surface area contributed by atoms with Gasteiger partial charge in [0.05, 0.1) is 0 Å². The van der Waals surface area contributed by atoms with Gasteiger partial charge in [0.1, 0.15) is 0 Å². The van der Waals surface area contributed by atoms with Crippen molar-refractivity contribution in [1.29, 1.82) is 0 Å². The highest BCUT2D eigenvalue weighted by molar-refractivity contribution is 4.67. The molecule has 0 aliphatic heterocycles. The lowest BCUT2D eigenvalue weighted by Crippen LogP contribution is -2.12. The molecule has 15 heavy (non-hydrogen) atoms. The van der Waals surface area contributed by atoms with Gasteiger partial charge in [0.2, 0.25) is 0 Å². The van der Waals surface area contributed by atoms with Crippen molar-refractivity contribution in [1.82, 2.24) is 0 Å². The fourth-order valence-corrected chi connectivity index (χ4v) is 2.18. The van der Waals surface area contributed by atoms with Gasteiger partial charge in [0, 0.05) is 0 Å². The van der Waals surface area contributed by atoms with Crippen molar-refractivity contribution in [2.45, 2.75) is 85.5 Å². The largest absolute Gasteiger partial charge is 0.0654 e. The van der Waals surface area contributed by atoms with Crippen LogP contribution in [0.2, 0.25) is 0 Å². The quantitative estimate of drug-likeness (QED) is 0.516. The summed E-state index contributed by atoms with van der Waals surface area (Å²) in [6.45, 7) is 9.25. The van der Waals surface area contributed by atoms with Crippen LogP contribution in [0.1, 0.15) is 85.5 Å². The van der Waals surface area contributed by atoms with E-state index in [0.717, 1.165) is 11.8 Å². The molecule has 1 saturated carbocycles. The highest BCUT2D eigenvalue weighted by atomic mass is 14.2. The zero-order valence-corrected chi connectivity index (χ0v) is 11.5.